The van der Waals surface area contributed by atoms with Crippen molar-refractivity contribution in [3.05, 3.63) is 70.2 Å². The summed E-state index contributed by atoms with van der Waals surface area (Å²) in [5.74, 6) is 0.118. The standard InChI is InChI=1S/C21H21ClN4O3S2/c1-14(2)13-20-24-25-21(30-20)23-19(27)12-9-15-7-10-16(11-8-15)31(28,29)26-18-6-4-3-5-17(18)22/h3-12,14,26H,13H2,1-2H3,(H,23,25,27)/b12-9+. The van der Waals surface area contributed by atoms with E-state index >= 15 is 0 Å². The molecule has 0 bridgehead atoms. The Hall–Kier alpha value is -2.75. The van der Waals surface area contributed by atoms with E-state index in [0.29, 0.717) is 27.3 Å². The SMILES string of the molecule is CC(C)Cc1nnc(NC(=O)/C=C/c2ccc(S(=O)(=O)Nc3ccccc3Cl)cc2)s1. The zero-order chi connectivity index (χ0) is 22.4. The maximum absolute atomic E-state index is 12.5. The van der Waals surface area contributed by atoms with Gasteiger partial charge in [0.05, 0.1) is 15.6 Å². The van der Waals surface area contributed by atoms with Gasteiger partial charge in [0.2, 0.25) is 11.0 Å². The number of aromatic nitrogens is 2. The molecule has 3 aromatic rings. The molecule has 0 aliphatic rings. The molecule has 2 aromatic carbocycles. The summed E-state index contributed by atoms with van der Waals surface area (Å²) >= 11 is 7.36. The third-order valence-electron chi connectivity index (χ3n) is 4.02. The number of rotatable bonds is 8. The van der Waals surface area contributed by atoms with Gasteiger partial charge in [-0.15, -0.1) is 10.2 Å². The van der Waals surface area contributed by atoms with Crippen LogP contribution in [0.2, 0.25) is 5.02 Å². The molecule has 7 nitrogen and oxygen atoms in total. The number of halogens is 1. The molecule has 1 aromatic heterocycles. The zero-order valence-corrected chi connectivity index (χ0v) is 19.3. The smallest absolute Gasteiger partial charge is 0.261 e. The van der Waals surface area contributed by atoms with Gasteiger partial charge in [-0.2, -0.15) is 0 Å². The lowest BCUT2D eigenvalue weighted by Crippen LogP contribution is -2.13. The quantitative estimate of drug-likeness (QED) is 0.453. The molecule has 0 spiro atoms. The summed E-state index contributed by atoms with van der Waals surface area (Å²) in [5.41, 5.74) is 0.975. The van der Waals surface area contributed by atoms with Crippen molar-refractivity contribution in [2.45, 2.75) is 25.2 Å². The summed E-state index contributed by atoms with van der Waals surface area (Å²) in [7, 11) is -3.78. The van der Waals surface area contributed by atoms with Gasteiger partial charge in [-0.25, -0.2) is 8.42 Å². The van der Waals surface area contributed by atoms with Crippen molar-refractivity contribution in [3.8, 4) is 0 Å². The van der Waals surface area contributed by atoms with Crippen LogP contribution in [0, 0.1) is 5.92 Å². The van der Waals surface area contributed by atoms with E-state index in [1.807, 2.05) is 0 Å². The Morgan fingerprint density at radius 1 is 1.13 bits per heavy atom. The number of hydrogen-bond acceptors (Lipinski definition) is 6. The molecule has 0 saturated carbocycles. The molecule has 3 rings (SSSR count). The molecule has 0 aliphatic heterocycles. The lowest BCUT2D eigenvalue weighted by Gasteiger charge is -2.09. The molecule has 1 amide bonds. The first-order valence-corrected chi connectivity index (χ1v) is 12.1. The number of hydrogen-bond donors (Lipinski definition) is 2. The first kappa shape index (κ1) is 22.9. The first-order valence-electron chi connectivity index (χ1n) is 9.42. The van der Waals surface area contributed by atoms with Crippen molar-refractivity contribution >= 4 is 55.8 Å². The van der Waals surface area contributed by atoms with Crippen LogP contribution < -0.4 is 10.0 Å². The summed E-state index contributed by atoms with van der Waals surface area (Å²) < 4.78 is 27.5. The topological polar surface area (TPSA) is 101 Å². The minimum atomic E-state index is -3.78. The predicted molar refractivity (Wildman–Crippen MR) is 125 cm³/mol. The van der Waals surface area contributed by atoms with Crippen LogP contribution in [0.3, 0.4) is 0 Å². The number of amides is 1. The minimum Gasteiger partial charge on any atom is -0.297 e. The van der Waals surface area contributed by atoms with Gasteiger partial charge in [0.25, 0.3) is 10.0 Å². The number of sulfonamides is 1. The number of para-hydroxylation sites is 1. The highest BCUT2D eigenvalue weighted by Crippen LogP contribution is 2.24. The maximum atomic E-state index is 12.5. The van der Waals surface area contributed by atoms with Gasteiger partial charge in [0.1, 0.15) is 5.01 Å². The highest BCUT2D eigenvalue weighted by molar-refractivity contribution is 7.92. The third kappa shape index (κ3) is 6.61. The molecule has 162 valence electrons. The van der Waals surface area contributed by atoms with E-state index in [1.54, 1.807) is 42.5 Å². The van der Waals surface area contributed by atoms with Gasteiger partial charge in [0.15, 0.2) is 0 Å². The van der Waals surface area contributed by atoms with Crippen LogP contribution in [0.5, 0.6) is 0 Å². The predicted octanol–water partition coefficient (Wildman–Crippen LogP) is 4.84. The van der Waals surface area contributed by atoms with Crippen molar-refractivity contribution < 1.29 is 13.2 Å². The second-order valence-corrected chi connectivity index (χ2v) is 10.2. The molecule has 0 saturated heterocycles. The van der Waals surface area contributed by atoms with Crippen molar-refractivity contribution in [3.63, 3.8) is 0 Å². The fraction of sp³-hybridized carbons (Fsp3) is 0.190. The number of nitrogens with one attached hydrogen (secondary N) is 2. The number of carbonyl (C=O) groups is 1. The molecule has 2 N–H and O–H groups in total. The van der Waals surface area contributed by atoms with Crippen LogP contribution in [0.25, 0.3) is 6.08 Å². The Kier molecular flexibility index (Phi) is 7.42. The van der Waals surface area contributed by atoms with Gasteiger partial charge in [-0.05, 0) is 41.8 Å². The van der Waals surface area contributed by atoms with Gasteiger partial charge >= 0.3 is 0 Å². The summed E-state index contributed by atoms with van der Waals surface area (Å²) in [6.07, 6.45) is 3.75. The Morgan fingerprint density at radius 2 is 1.84 bits per heavy atom. The highest BCUT2D eigenvalue weighted by Gasteiger charge is 2.15. The van der Waals surface area contributed by atoms with Gasteiger partial charge < -0.3 is 0 Å². The van der Waals surface area contributed by atoms with E-state index in [9.17, 15) is 13.2 Å². The molecule has 31 heavy (non-hydrogen) atoms. The fourth-order valence-corrected chi connectivity index (χ4v) is 4.83. The first-order chi connectivity index (χ1) is 14.7. The van der Waals surface area contributed by atoms with Crippen molar-refractivity contribution in [1.82, 2.24) is 10.2 Å². The van der Waals surface area contributed by atoms with E-state index in [0.717, 1.165) is 11.4 Å². The number of nitrogens with zero attached hydrogens (tertiary/aromatic N) is 2. The Balaban J connectivity index is 1.62. The largest absolute Gasteiger partial charge is 0.297 e. The van der Waals surface area contributed by atoms with Crippen molar-refractivity contribution in [2.24, 2.45) is 5.92 Å². The summed E-state index contributed by atoms with van der Waals surface area (Å²) in [6.45, 7) is 4.18. The summed E-state index contributed by atoms with van der Waals surface area (Å²) in [6, 6.07) is 12.7. The molecule has 1 heterocycles. The Bertz CT molecular complexity index is 1190. The van der Waals surface area contributed by atoms with Gasteiger partial charge in [-0.3, -0.25) is 14.8 Å². The van der Waals surface area contributed by atoms with Crippen LogP contribution in [0.1, 0.15) is 24.4 Å². The van der Waals surface area contributed by atoms with Crippen molar-refractivity contribution in [1.29, 1.82) is 0 Å². The summed E-state index contributed by atoms with van der Waals surface area (Å²) in [5, 5.41) is 12.3. The number of carbonyl (C=O) groups excluding carboxylic acids is 1. The van der Waals surface area contributed by atoms with Crippen LogP contribution in [0.4, 0.5) is 10.8 Å². The minimum absolute atomic E-state index is 0.0839. The lowest BCUT2D eigenvalue weighted by molar-refractivity contribution is -0.111. The van der Waals surface area contributed by atoms with Crippen LogP contribution >= 0.6 is 22.9 Å². The monoisotopic (exact) mass is 476 g/mol. The molecule has 0 fully saturated rings. The van der Waals surface area contributed by atoms with E-state index in [2.05, 4.69) is 34.1 Å². The average molecular weight is 477 g/mol. The summed E-state index contributed by atoms with van der Waals surface area (Å²) in [4.78, 5) is 12.2. The van der Waals surface area contributed by atoms with Crippen molar-refractivity contribution in [2.75, 3.05) is 10.0 Å². The molecule has 10 heteroatoms. The van der Waals surface area contributed by atoms with Crippen LogP contribution in [0.15, 0.2) is 59.5 Å². The van der Waals surface area contributed by atoms with E-state index < -0.39 is 10.0 Å². The highest BCUT2D eigenvalue weighted by atomic mass is 35.5. The average Bonchev–Trinajstić information content (AvgIpc) is 3.14. The Morgan fingerprint density at radius 3 is 2.52 bits per heavy atom. The second-order valence-electron chi connectivity index (χ2n) is 7.08. The van der Waals surface area contributed by atoms with Gasteiger partial charge in [0, 0.05) is 12.5 Å². The molecule has 0 atom stereocenters. The zero-order valence-electron chi connectivity index (χ0n) is 16.9. The molecule has 0 unspecified atom stereocenters. The second kappa shape index (κ2) is 10.0. The maximum Gasteiger partial charge on any atom is 0.261 e. The molecular weight excluding hydrogens is 456 g/mol. The molecular formula is C21H21ClN4O3S2. The number of benzene rings is 2. The lowest BCUT2D eigenvalue weighted by atomic mass is 10.1. The van der Waals surface area contributed by atoms with Gasteiger partial charge in [-0.1, -0.05) is 61.1 Å². The normalized spacial score (nSPS) is 11.7. The van der Waals surface area contributed by atoms with E-state index in [1.165, 1.54) is 29.5 Å². The number of anilines is 2. The fourth-order valence-electron chi connectivity index (χ4n) is 2.56. The Labute approximate surface area is 190 Å². The molecule has 0 radical (unpaired) electrons. The molecule has 0 aliphatic carbocycles. The van der Waals surface area contributed by atoms with E-state index in [-0.39, 0.29) is 10.8 Å². The van der Waals surface area contributed by atoms with E-state index in [4.69, 9.17) is 11.6 Å². The van der Waals surface area contributed by atoms with Crippen LogP contribution in [-0.2, 0) is 21.2 Å². The van der Waals surface area contributed by atoms with Crippen LogP contribution in [-0.4, -0.2) is 24.5 Å². The third-order valence-corrected chi connectivity index (χ3v) is 6.59.